The number of halogens is 3. The van der Waals surface area contributed by atoms with Gasteiger partial charge in [0.05, 0.1) is 22.8 Å². The Morgan fingerprint density at radius 3 is 2.58 bits per heavy atom. The molecule has 0 saturated heterocycles. The van der Waals surface area contributed by atoms with E-state index in [0.29, 0.717) is 20.8 Å². The summed E-state index contributed by atoms with van der Waals surface area (Å²) in [6, 6.07) is 12.1. The molecule has 1 amide bonds. The maximum atomic E-state index is 13.5. The molecule has 0 aliphatic carbocycles. The van der Waals surface area contributed by atoms with Gasteiger partial charge in [-0.05, 0) is 41.3 Å². The second-order valence-corrected chi connectivity index (χ2v) is 8.39. The number of nitrogens with one attached hydrogen (secondary N) is 1. The van der Waals surface area contributed by atoms with Gasteiger partial charge < -0.3 is 5.32 Å². The van der Waals surface area contributed by atoms with Crippen LogP contribution < -0.4 is 16.6 Å². The van der Waals surface area contributed by atoms with Crippen LogP contribution in [0.1, 0.15) is 5.56 Å². The van der Waals surface area contributed by atoms with Gasteiger partial charge in [0.25, 0.3) is 5.56 Å². The maximum Gasteiger partial charge on any atom is 0.332 e. The van der Waals surface area contributed by atoms with Gasteiger partial charge in [-0.15, -0.1) is 11.3 Å². The van der Waals surface area contributed by atoms with Gasteiger partial charge in [-0.1, -0.05) is 41.4 Å². The van der Waals surface area contributed by atoms with Gasteiger partial charge in [-0.25, -0.2) is 9.18 Å². The molecule has 0 atom stereocenters. The highest BCUT2D eigenvalue weighted by molar-refractivity contribution is 7.17. The molecule has 0 saturated carbocycles. The topological polar surface area (TPSA) is 73.1 Å². The second-order valence-electron chi connectivity index (χ2n) is 6.66. The molecule has 0 spiro atoms. The molecule has 0 aliphatic heterocycles. The van der Waals surface area contributed by atoms with E-state index in [4.69, 9.17) is 23.2 Å². The van der Waals surface area contributed by atoms with Crippen molar-refractivity contribution in [2.24, 2.45) is 0 Å². The van der Waals surface area contributed by atoms with Crippen molar-refractivity contribution in [3.05, 3.63) is 96.2 Å². The van der Waals surface area contributed by atoms with Crippen LogP contribution in [0.2, 0.25) is 10.0 Å². The fourth-order valence-corrected chi connectivity index (χ4v) is 4.35. The summed E-state index contributed by atoms with van der Waals surface area (Å²) in [6.45, 7) is -0.426. The highest BCUT2D eigenvalue weighted by Crippen LogP contribution is 2.23. The molecule has 10 heteroatoms. The number of hydrogen-bond donors (Lipinski definition) is 1. The van der Waals surface area contributed by atoms with Gasteiger partial charge >= 0.3 is 5.69 Å². The molecule has 158 valence electrons. The van der Waals surface area contributed by atoms with Crippen molar-refractivity contribution in [3.63, 3.8) is 0 Å². The molecular formula is C21H14Cl2FN3O3S. The summed E-state index contributed by atoms with van der Waals surface area (Å²) in [6.07, 6.45) is 0. The van der Waals surface area contributed by atoms with Gasteiger partial charge in [-0.2, -0.15) is 0 Å². The number of nitrogens with zero attached hydrogens (tertiary/aromatic N) is 2. The summed E-state index contributed by atoms with van der Waals surface area (Å²) in [5.74, 6) is -1.16. The van der Waals surface area contributed by atoms with E-state index in [0.717, 1.165) is 10.6 Å². The predicted octanol–water partition coefficient (Wildman–Crippen LogP) is 4.36. The van der Waals surface area contributed by atoms with E-state index < -0.39 is 23.0 Å². The first kappa shape index (κ1) is 21.3. The van der Waals surface area contributed by atoms with Gasteiger partial charge in [0.1, 0.15) is 17.1 Å². The third kappa shape index (κ3) is 4.27. The molecule has 31 heavy (non-hydrogen) atoms. The first-order chi connectivity index (χ1) is 14.8. The van der Waals surface area contributed by atoms with Crippen LogP contribution in [0, 0.1) is 5.82 Å². The van der Waals surface area contributed by atoms with Crippen LogP contribution in [0.25, 0.3) is 10.2 Å². The second kappa shape index (κ2) is 8.66. The number of anilines is 1. The number of hydrogen-bond acceptors (Lipinski definition) is 4. The van der Waals surface area contributed by atoms with Crippen LogP contribution in [0.3, 0.4) is 0 Å². The van der Waals surface area contributed by atoms with E-state index in [1.54, 1.807) is 35.7 Å². The number of thiophene rings is 1. The Kier molecular flexibility index (Phi) is 5.95. The molecule has 0 aliphatic rings. The summed E-state index contributed by atoms with van der Waals surface area (Å²) < 4.78 is 16.1. The van der Waals surface area contributed by atoms with Crippen LogP contribution >= 0.6 is 34.5 Å². The first-order valence-electron chi connectivity index (χ1n) is 9.04. The van der Waals surface area contributed by atoms with Gasteiger partial charge in [-0.3, -0.25) is 18.7 Å². The lowest BCUT2D eigenvalue weighted by Crippen LogP contribution is -2.41. The molecule has 1 N–H and O–H groups in total. The number of fused-ring (bicyclic) bond motifs is 1. The summed E-state index contributed by atoms with van der Waals surface area (Å²) in [7, 11) is 0. The molecule has 0 fully saturated rings. The summed E-state index contributed by atoms with van der Waals surface area (Å²) in [4.78, 5) is 38.7. The Labute approximate surface area is 189 Å². The molecule has 0 unspecified atom stereocenters. The Bertz CT molecular complexity index is 1430. The summed E-state index contributed by atoms with van der Waals surface area (Å²) in [5, 5.41) is 4.75. The first-order valence-corrected chi connectivity index (χ1v) is 10.7. The quantitative estimate of drug-likeness (QED) is 0.464. The Morgan fingerprint density at radius 1 is 1.03 bits per heavy atom. The lowest BCUT2D eigenvalue weighted by Gasteiger charge is -2.13. The van der Waals surface area contributed by atoms with Crippen molar-refractivity contribution >= 4 is 56.3 Å². The van der Waals surface area contributed by atoms with E-state index in [1.807, 2.05) is 0 Å². The minimum Gasteiger partial charge on any atom is -0.323 e. The zero-order valence-electron chi connectivity index (χ0n) is 15.8. The van der Waals surface area contributed by atoms with Crippen molar-refractivity contribution in [3.8, 4) is 0 Å². The van der Waals surface area contributed by atoms with Crippen LogP contribution in [0.4, 0.5) is 10.1 Å². The van der Waals surface area contributed by atoms with E-state index >= 15 is 0 Å². The SMILES string of the molecule is O=C(Cn1c(=O)n(Cc2ccccc2Cl)c(=O)c2sccc21)Nc1cc(F)ccc1Cl. The molecule has 2 aromatic heterocycles. The van der Waals surface area contributed by atoms with E-state index in [-0.39, 0.29) is 23.8 Å². The van der Waals surface area contributed by atoms with E-state index in [2.05, 4.69) is 5.32 Å². The smallest absolute Gasteiger partial charge is 0.323 e. The van der Waals surface area contributed by atoms with Crippen molar-refractivity contribution in [2.75, 3.05) is 5.32 Å². The summed E-state index contributed by atoms with van der Waals surface area (Å²) in [5.41, 5.74) is -0.0838. The largest absolute Gasteiger partial charge is 0.332 e. The Morgan fingerprint density at radius 2 is 1.81 bits per heavy atom. The normalized spacial score (nSPS) is 11.1. The third-order valence-corrected chi connectivity index (χ3v) is 6.22. The van der Waals surface area contributed by atoms with Gasteiger partial charge in [0.2, 0.25) is 5.91 Å². The highest BCUT2D eigenvalue weighted by Gasteiger charge is 2.18. The zero-order chi connectivity index (χ0) is 22.1. The maximum absolute atomic E-state index is 13.5. The van der Waals surface area contributed by atoms with E-state index in [1.165, 1.54) is 28.0 Å². The van der Waals surface area contributed by atoms with E-state index in [9.17, 15) is 18.8 Å². The van der Waals surface area contributed by atoms with Crippen LogP contribution in [0.15, 0.2) is 63.5 Å². The van der Waals surface area contributed by atoms with Crippen LogP contribution in [-0.4, -0.2) is 15.0 Å². The van der Waals surface area contributed by atoms with Crippen molar-refractivity contribution < 1.29 is 9.18 Å². The number of benzene rings is 2. The number of rotatable bonds is 5. The molecule has 2 heterocycles. The fourth-order valence-electron chi connectivity index (χ4n) is 3.15. The van der Waals surface area contributed by atoms with Crippen molar-refractivity contribution in [1.82, 2.24) is 9.13 Å². The number of aromatic nitrogens is 2. The minimum absolute atomic E-state index is 0.0392. The van der Waals surface area contributed by atoms with Crippen LogP contribution in [0.5, 0.6) is 0 Å². The molecule has 0 radical (unpaired) electrons. The highest BCUT2D eigenvalue weighted by atomic mass is 35.5. The summed E-state index contributed by atoms with van der Waals surface area (Å²) >= 11 is 13.4. The molecule has 6 nitrogen and oxygen atoms in total. The molecule has 0 bridgehead atoms. The van der Waals surface area contributed by atoms with Crippen LogP contribution in [-0.2, 0) is 17.9 Å². The monoisotopic (exact) mass is 477 g/mol. The van der Waals surface area contributed by atoms with Gasteiger partial charge in [0.15, 0.2) is 0 Å². The Balaban J connectivity index is 1.74. The lowest BCUT2D eigenvalue weighted by molar-refractivity contribution is -0.116. The molecular weight excluding hydrogens is 464 g/mol. The number of carbonyl (C=O) groups is 1. The molecule has 4 rings (SSSR count). The number of amides is 1. The standard InChI is InChI=1S/C21H14Cl2FN3O3S/c22-14-4-2-1-3-12(14)10-27-20(29)19-17(7-8-31-19)26(21(27)30)11-18(28)25-16-9-13(24)5-6-15(16)23/h1-9H,10-11H2,(H,25,28). The minimum atomic E-state index is -0.656. The molecule has 2 aromatic carbocycles. The van der Waals surface area contributed by atoms with Crippen molar-refractivity contribution in [1.29, 1.82) is 0 Å². The third-order valence-electron chi connectivity index (χ3n) is 4.63. The lowest BCUT2D eigenvalue weighted by atomic mass is 10.2. The average molecular weight is 478 g/mol. The number of carbonyl (C=O) groups excluding carboxylic acids is 1. The van der Waals surface area contributed by atoms with Crippen molar-refractivity contribution in [2.45, 2.75) is 13.1 Å². The molecule has 4 aromatic rings. The van der Waals surface area contributed by atoms with Gasteiger partial charge in [0, 0.05) is 5.02 Å². The average Bonchev–Trinajstić information content (AvgIpc) is 3.22. The zero-order valence-corrected chi connectivity index (χ0v) is 18.1. The fraction of sp³-hybridized carbons (Fsp3) is 0.0952. The predicted molar refractivity (Wildman–Crippen MR) is 121 cm³/mol. The Hall–Kier alpha value is -2.94.